The van der Waals surface area contributed by atoms with E-state index in [1.165, 1.54) is 4.90 Å². The molecule has 1 saturated heterocycles. The summed E-state index contributed by atoms with van der Waals surface area (Å²) in [4.78, 5) is 23.9. The lowest BCUT2D eigenvalue weighted by Crippen LogP contribution is -2.41. The van der Waals surface area contributed by atoms with E-state index in [9.17, 15) is 9.59 Å². The monoisotopic (exact) mass is 213 g/mol. The lowest BCUT2D eigenvalue weighted by Gasteiger charge is -2.24. The van der Waals surface area contributed by atoms with Gasteiger partial charge in [0.15, 0.2) is 0 Å². The minimum atomic E-state index is -0.871. The van der Waals surface area contributed by atoms with E-state index in [1.807, 2.05) is 0 Å². The van der Waals surface area contributed by atoms with Crippen molar-refractivity contribution < 1.29 is 14.7 Å². The molecule has 1 aliphatic rings. The molecule has 0 saturated carbocycles. The first kappa shape index (κ1) is 12.0. The zero-order chi connectivity index (χ0) is 11.4. The highest BCUT2D eigenvalue weighted by molar-refractivity contribution is 5.87. The van der Waals surface area contributed by atoms with Crippen LogP contribution in [-0.2, 0) is 9.59 Å². The first-order valence-electron chi connectivity index (χ1n) is 5.58. The third-order valence-corrected chi connectivity index (χ3v) is 2.90. The number of rotatable bonds is 5. The van der Waals surface area contributed by atoms with Gasteiger partial charge in [-0.25, -0.2) is 4.79 Å². The van der Waals surface area contributed by atoms with Crippen LogP contribution in [0.25, 0.3) is 0 Å². The van der Waals surface area contributed by atoms with Gasteiger partial charge in [-0.1, -0.05) is 20.3 Å². The van der Waals surface area contributed by atoms with E-state index in [0.717, 1.165) is 12.8 Å². The third kappa shape index (κ3) is 2.94. The van der Waals surface area contributed by atoms with E-state index in [-0.39, 0.29) is 5.91 Å². The molecule has 1 rings (SSSR count). The van der Waals surface area contributed by atoms with Crippen LogP contribution in [0.1, 0.15) is 39.5 Å². The van der Waals surface area contributed by atoms with E-state index in [2.05, 4.69) is 13.8 Å². The van der Waals surface area contributed by atoms with Crippen molar-refractivity contribution in [1.29, 1.82) is 0 Å². The summed E-state index contributed by atoms with van der Waals surface area (Å²) in [6, 6.07) is -0.586. The largest absolute Gasteiger partial charge is 0.480 e. The number of likely N-dealkylation sites (tertiary alicyclic amines) is 1. The Morgan fingerprint density at radius 2 is 2.33 bits per heavy atom. The number of carbonyl (C=O) groups is 2. The molecule has 1 N–H and O–H groups in total. The van der Waals surface area contributed by atoms with E-state index in [1.54, 1.807) is 0 Å². The van der Waals surface area contributed by atoms with Crippen molar-refractivity contribution in [2.75, 3.05) is 6.54 Å². The van der Waals surface area contributed by atoms with Crippen molar-refractivity contribution in [2.45, 2.75) is 45.6 Å². The summed E-state index contributed by atoms with van der Waals surface area (Å²) in [6.07, 6.45) is 2.96. The number of carboxylic acid groups (broad SMARTS) is 1. The summed E-state index contributed by atoms with van der Waals surface area (Å²) in [5.74, 6) is -0.492. The Balaban J connectivity index is 2.56. The predicted octanol–water partition coefficient (Wildman–Crippen LogP) is 1.50. The summed E-state index contributed by atoms with van der Waals surface area (Å²) in [7, 11) is 0. The fourth-order valence-electron chi connectivity index (χ4n) is 2.14. The Kier molecular flexibility index (Phi) is 4.12. The van der Waals surface area contributed by atoms with Gasteiger partial charge < -0.3 is 10.0 Å². The number of aliphatic carboxylic acids is 1. The third-order valence-electron chi connectivity index (χ3n) is 2.90. The summed E-state index contributed by atoms with van der Waals surface area (Å²) in [6.45, 7) is 4.74. The van der Waals surface area contributed by atoms with E-state index < -0.39 is 12.0 Å². The minimum absolute atomic E-state index is 0.00893. The Morgan fingerprint density at radius 3 is 2.87 bits per heavy atom. The first-order valence-corrected chi connectivity index (χ1v) is 5.58. The summed E-state index contributed by atoms with van der Waals surface area (Å²) < 4.78 is 0. The maximum atomic E-state index is 11.5. The smallest absolute Gasteiger partial charge is 0.326 e. The number of nitrogens with zero attached hydrogens (tertiary/aromatic N) is 1. The van der Waals surface area contributed by atoms with Crippen molar-refractivity contribution in [3.63, 3.8) is 0 Å². The van der Waals surface area contributed by atoms with Gasteiger partial charge in [0.2, 0.25) is 5.91 Å². The summed E-state index contributed by atoms with van der Waals surface area (Å²) >= 11 is 0. The van der Waals surface area contributed by atoms with Gasteiger partial charge >= 0.3 is 5.97 Å². The normalized spacial score (nSPS) is 23.2. The van der Waals surface area contributed by atoms with Gasteiger partial charge in [-0.05, 0) is 18.8 Å². The molecule has 1 heterocycles. The van der Waals surface area contributed by atoms with Gasteiger partial charge in [0.25, 0.3) is 0 Å². The molecule has 1 fully saturated rings. The molecular formula is C11H19NO3. The Labute approximate surface area is 90.3 Å². The van der Waals surface area contributed by atoms with Crippen LogP contribution >= 0.6 is 0 Å². The van der Waals surface area contributed by atoms with Gasteiger partial charge in [0.05, 0.1) is 0 Å². The van der Waals surface area contributed by atoms with E-state index >= 15 is 0 Å². The molecule has 15 heavy (non-hydrogen) atoms. The quantitative estimate of drug-likeness (QED) is 0.753. The van der Waals surface area contributed by atoms with Crippen molar-refractivity contribution in [2.24, 2.45) is 5.92 Å². The summed E-state index contributed by atoms with van der Waals surface area (Å²) in [5, 5.41) is 8.95. The molecule has 0 spiro atoms. The van der Waals surface area contributed by atoms with Crippen LogP contribution in [0, 0.1) is 5.92 Å². The molecule has 2 unspecified atom stereocenters. The molecule has 86 valence electrons. The second-order valence-electron chi connectivity index (χ2n) is 4.33. The molecular weight excluding hydrogens is 194 g/mol. The van der Waals surface area contributed by atoms with Crippen molar-refractivity contribution in [1.82, 2.24) is 4.90 Å². The fourth-order valence-corrected chi connectivity index (χ4v) is 2.14. The number of hydrogen-bond acceptors (Lipinski definition) is 2. The van der Waals surface area contributed by atoms with Crippen LogP contribution in [0.15, 0.2) is 0 Å². The number of carbonyl (C=O) groups excluding carboxylic acids is 1. The Morgan fingerprint density at radius 1 is 1.67 bits per heavy atom. The molecule has 0 aliphatic carbocycles. The van der Waals surface area contributed by atoms with Gasteiger partial charge in [-0.2, -0.15) is 0 Å². The number of hydrogen-bond donors (Lipinski definition) is 1. The second-order valence-corrected chi connectivity index (χ2v) is 4.33. The molecule has 4 heteroatoms. The van der Waals surface area contributed by atoms with Crippen LogP contribution in [0.3, 0.4) is 0 Å². The Hall–Kier alpha value is -1.06. The van der Waals surface area contributed by atoms with Crippen molar-refractivity contribution in [3.05, 3.63) is 0 Å². The fraction of sp³-hybridized carbons (Fsp3) is 0.818. The van der Waals surface area contributed by atoms with Gasteiger partial charge in [-0.3, -0.25) is 4.79 Å². The SMILES string of the molecule is CCCC(C)CN1C(=O)CCC1C(=O)O. The molecule has 2 atom stereocenters. The highest BCUT2D eigenvalue weighted by Gasteiger charge is 2.36. The maximum Gasteiger partial charge on any atom is 0.326 e. The standard InChI is InChI=1S/C11H19NO3/c1-3-4-8(2)7-12-9(11(14)15)5-6-10(12)13/h8-9H,3-7H2,1-2H3,(H,14,15). The van der Waals surface area contributed by atoms with E-state index in [4.69, 9.17) is 5.11 Å². The molecule has 0 aromatic rings. The second kappa shape index (κ2) is 5.14. The van der Waals surface area contributed by atoms with Crippen LogP contribution in [-0.4, -0.2) is 34.5 Å². The minimum Gasteiger partial charge on any atom is -0.480 e. The van der Waals surface area contributed by atoms with E-state index in [0.29, 0.717) is 25.3 Å². The highest BCUT2D eigenvalue weighted by Crippen LogP contribution is 2.21. The molecule has 0 aromatic carbocycles. The molecule has 1 amide bonds. The predicted molar refractivity (Wildman–Crippen MR) is 56.4 cm³/mol. The number of carboxylic acids is 1. The molecule has 4 nitrogen and oxygen atoms in total. The molecule has 0 bridgehead atoms. The van der Waals surface area contributed by atoms with Gasteiger partial charge in [0.1, 0.15) is 6.04 Å². The van der Waals surface area contributed by atoms with Crippen molar-refractivity contribution in [3.8, 4) is 0 Å². The maximum absolute atomic E-state index is 11.5. The van der Waals surface area contributed by atoms with Gasteiger partial charge in [0, 0.05) is 13.0 Å². The van der Waals surface area contributed by atoms with Crippen LogP contribution in [0.5, 0.6) is 0 Å². The zero-order valence-corrected chi connectivity index (χ0v) is 9.40. The lowest BCUT2D eigenvalue weighted by atomic mass is 10.1. The van der Waals surface area contributed by atoms with Crippen LogP contribution in [0.2, 0.25) is 0 Å². The zero-order valence-electron chi connectivity index (χ0n) is 9.40. The van der Waals surface area contributed by atoms with Crippen LogP contribution in [0.4, 0.5) is 0 Å². The van der Waals surface area contributed by atoms with Crippen molar-refractivity contribution >= 4 is 11.9 Å². The Bertz CT molecular complexity index is 252. The average Bonchev–Trinajstić information content (AvgIpc) is 2.48. The van der Waals surface area contributed by atoms with Gasteiger partial charge in [-0.15, -0.1) is 0 Å². The first-order chi connectivity index (χ1) is 7.06. The van der Waals surface area contributed by atoms with Crippen LogP contribution < -0.4 is 0 Å². The summed E-state index contributed by atoms with van der Waals surface area (Å²) in [5.41, 5.74) is 0. The average molecular weight is 213 g/mol. The molecule has 1 aliphatic heterocycles. The number of amides is 1. The lowest BCUT2D eigenvalue weighted by molar-refractivity contribution is -0.146. The highest BCUT2D eigenvalue weighted by atomic mass is 16.4. The molecule has 0 radical (unpaired) electrons. The molecule has 0 aromatic heterocycles. The topological polar surface area (TPSA) is 57.6 Å².